The molecule has 3 aromatic carbocycles. The van der Waals surface area contributed by atoms with Crippen LogP contribution in [-0.4, -0.2) is 4.57 Å². The number of para-hydroxylation sites is 1. The summed E-state index contributed by atoms with van der Waals surface area (Å²) in [6.45, 7) is 2.83. The quantitative estimate of drug-likeness (QED) is 0.273. The Bertz CT molecular complexity index is 1410. The largest absolute Gasteiger partial charge is 0.416 e. The van der Waals surface area contributed by atoms with Crippen LogP contribution in [0.15, 0.2) is 66.7 Å². The summed E-state index contributed by atoms with van der Waals surface area (Å²) >= 11 is 0. The minimum atomic E-state index is -4.47. The molecule has 0 saturated heterocycles. The van der Waals surface area contributed by atoms with E-state index >= 15 is 0 Å². The van der Waals surface area contributed by atoms with Gasteiger partial charge < -0.3 is 4.57 Å². The number of aromatic nitrogens is 1. The zero-order chi connectivity index (χ0) is 22.2. The highest BCUT2D eigenvalue weighted by atomic mass is 19.4. The molecule has 0 radical (unpaired) electrons. The normalized spacial score (nSPS) is 12.5. The van der Waals surface area contributed by atoms with E-state index in [4.69, 9.17) is 0 Å². The molecule has 152 valence electrons. The average molecular weight is 415 g/mol. The molecule has 0 aliphatic rings. The van der Waals surface area contributed by atoms with Crippen molar-refractivity contribution in [2.75, 3.05) is 0 Å². The summed E-state index contributed by atoms with van der Waals surface area (Å²) in [7, 11) is 0. The fraction of sp³-hybridized carbons (Fsp3) is 0.120. The Kier molecular flexibility index (Phi) is 5.01. The van der Waals surface area contributed by atoms with Gasteiger partial charge in [-0.1, -0.05) is 36.4 Å². The number of rotatable bonds is 3. The molecule has 0 fully saturated rings. The third-order valence-corrected chi connectivity index (χ3v) is 5.35. The summed E-state index contributed by atoms with van der Waals surface area (Å²) in [4.78, 5) is 0. The van der Waals surface area contributed by atoms with Gasteiger partial charge in [0.1, 0.15) is 12.1 Å². The van der Waals surface area contributed by atoms with Gasteiger partial charge in [-0.25, -0.2) is 0 Å². The molecule has 1 heterocycles. The lowest BCUT2D eigenvalue weighted by molar-refractivity contribution is -0.137. The number of fused-ring (bicyclic) bond motifs is 3. The molecule has 0 unspecified atom stereocenters. The van der Waals surface area contributed by atoms with Crippen molar-refractivity contribution in [3.8, 4) is 12.1 Å². The van der Waals surface area contributed by atoms with Gasteiger partial charge in [-0.05, 0) is 48.4 Å². The second-order valence-electron chi connectivity index (χ2n) is 7.04. The lowest BCUT2D eigenvalue weighted by Crippen LogP contribution is -2.04. The number of nitriles is 2. The van der Waals surface area contributed by atoms with Crippen LogP contribution >= 0.6 is 0 Å². The van der Waals surface area contributed by atoms with E-state index < -0.39 is 11.7 Å². The molecule has 4 rings (SSSR count). The first-order chi connectivity index (χ1) is 14.9. The third-order valence-electron chi connectivity index (χ3n) is 5.35. The minimum absolute atomic E-state index is 0.0369. The maximum absolute atomic E-state index is 12.9. The standard InChI is InChI=1S/C25H16F3N3/c1-2-31-23-6-4-3-5-19(23)20-13-17(9-12-24(20)31)22(15-30)21(14-29)16-7-10-18(11-8-16)25(26,27)28/h3-13H,2H2,1H3. The van der Waals surface area contributed by atoms with Gasteiger partial charge in [0, 0.05) is 28.4 Å². The zero-order valence-electron chi connectivity index (χ0n) is 16.5. The highest BCUT2D eigenvalue weighted by Gasteiger charge is 2.30. The van der Waals surface area contributed by atoms with Crippen LogP contribution in [0.3, 0.4) is 0 Å². The average Bonchev–Trinajstić information content (AvgIpc) is 3.10. The Morgan fingerprint density at radius 3 is 2.00 bits per heavy atom. The van der Waals surface area contributed by atoms with Gasteiger partial charge in [-0.2, -0.15) is 23.7 Å². The summed E-state index contributed by atoms with van der Waals surface area (Å²) in [6.07, 6.45) is -4.47. The van der Waals surface area contributed by atoms with Crippen LogP contribution in [0, 0.1) is 22.7 Å². The van der Waals surface area contributed by atoms with Crippen molar-refractivity contribution in [2.45, 2.75) is 19.6 Å². The molecule has 0 N–H and O–H groups in total. The number of hydrogen-bond donors (Lipinski definition) is 0. The zero-order valence-corrected chi connectivity index (χ0v) is 16.5. The second kappa shape index (κ2) is 7.66. The van der Waals surface area contributed by atoms with E-state index in [0.717, 1.165) is 40.5 Å². The van der Waals surface area contributed by atoms with Crippen LogP contribution in [0.25, 0.3) is 33.0 Å². The van der Waals surface area contributed by atoms with Crippen molar-refractivity contribution in [3.05, 3.63) is 83.4 Å². The SMILES string of the molecule is CCn1c2ccccc2c2cc(C(C#N)=C(C#N)c3ccc(C(F)(F)F)cc3)ccc21. The van der Waals surface area contributed by atoms with Gasteiger partial charge in [0.05, 0.1) is 16.7 Å². The number of aryl methyl sites for hydroxylation is 1. The highest BCUT2D eigenvalue weighted by Crippen LogP contribution is 2.34. The number of hydrogen-bond acceptors (Lipinski definition) is 2. The Hall–Kier alpha value is -4.03. The van der Waals surface area contributed by atoms with Crippen LogP contribution in [0.5, 0.6) is 0 Å². The molecule has 0 aliphatic carbocycles. The van der Waals surface area contributed by atoms with Gasteiger partial charge in [-0.15, -0.1) is 0 Å². The van der Waals surface area contributed by atoms with Gasteiger partial charge >= 0.3 is 6.18 Å². The number of halogens is 3. The molecular weight excluding hydrogens is 399 g/mol. The van der Waals surface area contributed by atoms with Crippen molar-refractivity contribution in [2.24, 2.45) is 0 Å². The van der Waals surface area contributed by atoms with E-state index in [1.54, 1.807) is 6.07 Å². The molecule has 1 aromatic heterocycles. The second-order valence-corrected chi connectivity index (χ2v) is 7.04. The summed E-state index contributed by atoms with van der Waals surface area (Å²) in [6, 6.07) is 21.8. The third kappa shape index (κ3) is 3.43. The van der Waals surface area contributed by atoms with Crippen molar-refractivity contribution in [1.82, 2.24) is 4.57 Å². The maximum atomic E-state index is 12.9. The van der Waals surface area contributed by atoms with E-state index in [1.807, 2.05) is 42.5 Å². The molecule has 0 spiro atoms. The van der Waals surface area contributed by atoms with Gasteiger partial charge in [0.15, 0.2) is 0 Å². The molecule has 0 saturated carbocycles. The van der Waals surface area contributed by atoms with E-state index in [-0.39, 0.29) is 16.7 Å². The van der Waals surface area contributed by atoms with E-state index in [1.165, 1.54) is 12.1 Å². The van der Waals surface area contributed by atoms with Crippen molar-refractivity contribution in [3.63, 3.8) is 0 Å². The predicted octanol–water partition coefficient (Wildman–Crippen LogP) is 6.79. The first-order valence-electron chi connectivity index (χ1n) is 9.62. The van der Waals surface area contributed by atoms with Crippen molar-refractivity contribution in [1.29, 1.82) is 10.5 Å². The monoisotopic (exact) mass is 415 g/mol. The molecular formula is C25H16F3N3. The Morgan fingerprint density at radius 2 is 1.39 bits per heavy atom. The summed E-state index contributed by atoms with van der Waals surface area (Å²) < 4.78 is 40.8. The first kappa shape index (κ1) is 20.3. The summed E-state index contributed by atoms with van der Waals surface area (Å²) in [5, 5.41) is 21.5. The Balaban J connectivity index is 1.91. The Morgan fingerprint density at radius 1 is 0.806 bits per heavy atom. The van der Waals surface area contributed by atoms with Crippen LogP contribution in [0.4, 0.5) is 13.2 Å². The van der Waals surface area contributed by atoms with Crippen LogP contribution in [0.2, 0.25) is 0 Å². The molecule has 31 heavy (non-hydrogen) atoms. The molecule has 6 heteroatoms. The van der Waals surface area contributed by atoms with Crippen molar-refractivity contribution < 1.29 is 13.2 Å². The maximum Gasteiger partial charge on any atom is 0.416 e. The molecule has 0 atom stereocenters. The number of benzene rings is 3. The molecule has 3 nitrogen and oxygen atoms in total. The van der Waals surface area contributed by atoms with Crippen LogP contribution in [-0.2, 0) is 12.7 Å². The molecule has 4 aromatic rings. The van der Waals surface area contributed by atoms with E-state index in [2.05, 4.69) is 17.6 Å². The first-order valence-corrected chi connectivity index (χ1v) is 9.62. The predicted molar refractivity (Wildman–Crippen MR) is 115 cm³/mol. The highest BCUT2D eigenvalue weighted by molar-refractivity contribution is 6.11. The van der Waals surface area contributed by atoms with Crippen LogP contribution in [0.1, 0.15) is 23.6 Å². The fourth-order valence-corrected chi connectivity index (χ4v) is 3.91. The smallest absolute Gasteiger partial charge is 0.341 e. The Labute approximate surface area is 176 Å². The number of allylic oxidation sites excluding steroid dienone is 2. The lowest BCUT2D eigenvalue weighted by atomic mass is 9.94. The molecule has 0 amide bonds. The number of nitrogens with zero attached hydrogens (tertiary/aromatic N) is 3. The fourth-order valence-electron chi connectivity index (χ4n) is 3.91. The van der Waals surface area contributed by atoms with E-state index in [9.17, 15) is 23.7 Å². The lowest BCUT2D eigenvalue weighted by Gasteiger charge is -2.09. The van der Waals surface area contributed by atoms with E-state index in [0.29, 0.717) is 5.56 Å². The summed E-state index contributed by atoms with van der Waals surface area (Å²) in [5.74, 6) is 0. The van der Waals surface area contributed by atoms with Gasteiger partial charge in [0.25, 0.3) is 0 Å². The minimum Gasteiger partial charge on any atom is -0.341 e. The molecule has 0 aliphatic heterocycles. The molecule has 0 bridgehead atoms. The van der Waals surface area contributed by atoms with Crippen LogP contribution < -0.4 is 0 Å². The number of alkyl halides is 3. The van der Waals surface area contributed by atoms with Gasteiger partial charge in [0.2, 0.25) is 0 Å². The summed E-state index contributed by atoms with van der Waals surface area (Å²) in [5.41, 5.74) is 2.25. The van der Waals surface area contributed by atoms with Gasteiger partial charge in [-0.3, -0.25) is 0 Å². The topological polar surface area (TPSA) is 52.5 Å². The van der Waals surface area contributed by atoms with Crippen molar-refractivity contribution >= 4 is 33.0 Å².